The molecule has 2 aromatic heterocycles. The first-order valence-corrected chi connectivity index (χ1v) is 5.64. The molecule has 2 rings (SSSR count). The van der Waals surface area contributed by atoms with Gasteiger partial charge in [0.1, 0.15) is 0 Å². The van der Waals surface area contributed by atoms with E-state index < -0.39 is 0 Å². The summed E-state index contributed by atoms with van der Waals surface area (Å²) < 4.78 is 1.76. The molecule has 2 aromatic rings. The third-order valence-corrected chi connectivity index (χ3v) is 2.44. The molecule has 0 spiro atoms. The van der Waals surface area contributed by atoms with E-state index in [4.69, 9.17) is 5.73 Å². The molecule has 0 saturated carbocycles. The van der Waals surface area contributed by atoms with Crippen molar-refractivity contribution in [2.24, 2.45) is 0 Å². The number of nitrogens with zero attached hydrogens (tertiary/aromatic N) is 3. The Kier molecular flexibility index (Phi) is 3.27. The number of nitrogens with one attached hydrogen (secondary N) is 1. The number of nitrogen functional groups attached to an aromatic ring is 1. The topological polar surface area (TPSA) is 85.8 Å². The van der Waals surface area contributed by atoms with E-state index in [2.05, 4.69) is 15.4 Å². The van der Waals surface area contributed by atoms with Gasteiger partial charge in [0.2, 0.25) is 0 Å². The Bertz CT molecular complexity index is 561. The van der Waals surface area contributed by atoms with Crippen LogP contribution in [0.3, 0.4) is 0 Å². The number of carbonyl (C=O) groups is 1. The summed E-state index contributed by atoms with van der Waals surface area (Å²) in [5.41, 5.74) is 6.88. The highest BCUT2D eigenvalue weighted by molar-refractivity contribution is 6.05. The molecule has 0 bridgehead atoms. The second kappa shape index (κ2) is 4.87. The number of hydrogen-bond donors (Lipinski definition) is 2. The van der Waals surface area contributed by atoms with Crippen molar-refractivity contribution >= 4 is 17.3 Å². The lowest BCUT2D eigenvalue weighted by Gasteiger charge is -2.05. The van der Waals surface area contributed by atoms with Crippen molar-refractivity contribution in [3.8, 4) is 0 Å². The number of hydrogen-bond acceptors (Lipinski definition) is 4. The van der Waals surface area contributed by atoms with E-state index in [9.17, 15) is 4.79 Å². The van der Waals surface area contributed by atoms with Crippen LogP contribution in [0.4, 0.5) is 11.4 Å². The number of pyridine rings is 1. The SMILES string of the molecule is CC(C)n1cc(NC(=O)c2ncccc2N)cn1. The van der Waals surface area contributed by atoms with Gasteiger partial charge in [-0.25, -0.2) is 4.98 Å². The average molecular weight is 245 g/mol. The summed E-state index contributed by atoms with van der Waals surface area (Å²) in [6, 6.07) is 3.57. The minimum atomic E-state index is -0.337. The van der Waals surface area contributed by atoms with Crippen molar-refractivity contribution in [3.63, 3.8) is 0 Å². The van der Waals surface area contributed by atoms with Crippen LogP contribution in [0, 0.1) is 0 Å². The molecule has 3 N–H and O–H groups in total. The summed E-state index contributed by atoms with van der Waals surface area (Å²) in [4.78, 5) is 15.9. The molecule has 0 aliphatic rings. The number of nitrogens with two attached hydrogens (primary N) is 1. The summed E-state index contributed by atoms with van der Waals surface area (Å²) in [5, 5.41) is 6.84. The van der Waals surface area contributed by atoms with Crippen LogP contribution in [0.2, 0.25) is 0 Å². The van der Waals surface area contributed by atoms with Crippen LogP contribution in [0.25, 0.3) is 0 Å². The van der Waals surface area contributed by atoms with Crippen molar-refractivity contribution in [2.75, 3.05) is 11.1 Å². The van der Waals surface area contributed by atoms with E-state index in [0.717, 1.165) is 0 Å². The maximum atomic E-state index is 11.9. The number of carbonyl (C=O) groups excluding carboxylic acids is 1. The molecule has 0 saturated heterocycles. The highest BCUT2D eigenvalue weighted by atomic mass is 16.1. The fourth-order valence-corrected chi connectivity index (χ4v) is 1.48. The molecular formula is C12H15N5O. The van der Waals surface area contributed by atoms with Gasteiger partial charge < -0.3 is 11.1 Å². The number of anilines is 2. The molecule has 0 aromatic carbocycles. The molecule has 6 nitrogen and oxygen atoms in total. The van der Waals surface area contributed by atoms with Crippen LogP contribution in [0.5, 0.6) is 0 Å². The van der Waals surface area contributed by atoms with Crippen molar-refractivity contribution in [2.45, 2.75) is 19.9 Å². The molecule has 0 atom stereocenters. The van der Waals surface area contributed by atoms with Crippen molar-refractivity contribution in [3.05, 3.63) is 36.4 Å². The van der Waals surface area contributed by atoms with E-state index >= 15 is 0 Å². The fraction of sp³-hybridized carbons (Fsp3) is 0.250. The zero-order valence-corrected chi connectivity index (χ0v) is 10.3. The molecule has 0 unspecified atom stereocenters. The Morgan fingerprint density at radius 2 is 2.28 bits per heavy atom. The second-order valence-electron chi connectivity index (χ2n) is 4.20. The lowest BCUT2D eigenvalue weighted by atomic mass is 10.3. The van der Waals surface area contributed by atoms with Crippen molar-refractivity contribution in [1.82, 2.24) is 14.8 Å². The van der Waals surface area contributed by atoms with Gasteiger partial charge in [0, 0.05) is 18.4 Å². The van der Waals surface area contributed by atoms with Gasteiger partial charge in [0.15, 0.2) is 5.69 Å². The van der Waals surface area contributed by atoms with E-state index in [1.165, 1.54) is 6.20 Å². The Labute approximate surface area is 105 Å². The predicted molar refractivity (Wildman–Crippen MR) is 69.2 cm³/mol. The Morgan fingerprint density at radius 1 is 1.50 bits per heavy atom. The van der Waals surface area contributed by atoms with Gasteiger partial charge in [-0.15, -0.1) is 0 Å². The van der Waals surface area contributed by atoms with E-state index in [1.807, 2.05) is 13.8 Å². The van der Waals surface area contributed by atoms with Crippen LogP contribution < -0.4 is 11.1 Å². The van der Waals surface area contributed by atoms with Gasteiger partial charge in [0.05, 0.1) is 17.6 Å². The molecule has 0 aliphatic carbocycles. The van der Waals surface area contributed by atoms with Crippen molar-refractivity contribution in [1.29, 1.82) is 0 Å². The first kappa shape index (κ1) is 12.1. The normalized spacial score (nSPS) is 10.6. The smallest absolute Gasteiger partial charge is 0.276 e. The van der Waals surface area contributed by atoms with Crippen LogP contribution in [0.15, 0.2) is 30.7 Å². The quantitative estimate of drug-likeness (QED) is 0.861. The minimum absolute atomic E-state index is 0.217. The largest absolute Gasteiger partial charge is 0.397 e. The lowest BCUT2D eigenvalue weighted by Crippen LogP contribution is -2.15. The molecule has 1 amide bonds. The third-order valence-electron chi connectivity index (χ3n) is 2.44. The molecule has 2 heterocycles. The van der Waals surface area contributed by atoms with Gasteiger partial charge in [-0.3, -0.25) is 9.48 Å². The number of aromatic nitrogens is 3. The second-order valence-corrected chi connectivity index (χ2v) is 4.20. The zero-order valence-electron chi connectivity index (χ0n) is 10.3. The van der Waals surface area contributed by atoms with E-state index in [0.29, 0.717) is 11.4 Å². The van der Waals surface area contributed by atoms with E-state index in [1.54, 1.807) is 29.2 Å². The third kappa shape index (κ3) is 2.48. The first-order valence-electron chi connectivity index (χ1n) is 5.64. The predicted octanol–water partition coefficient (Wildman–Crippen LogP) is 1.69. The van der Waals surface area contributed by atoms with Crippen LogP contribution in [-0.4, -0.2) is 20.7 Å². The molecule has 0 fully saturated rings. The maximum Gasteiger partial charge on any atom is 0.276 e. The summed E-state index contributed by atoms with van der Waals surface area (Å²) in [6.07, 6.45) is 4.89. The first-order chi connectivity index (χ1) is 8.58. The standard InChI is InChI=1S/C12H15N5O/c1-8(2)17-7-9(6-15-17)16-12(18)11-10(13)4-3-5-14-11/h3-8H,13H2,1-2H3,(H,16,18). The molecule has 0 aliphatic heterocycles. The van der Waals surface area contributed by atoms with Gasteiger partial charge in [-0.05, 0) is 26.0 Å². The summed E-state index contributed by atoms with van der Waals surface area (Å²) in [7, 11) is 0. The van der Waals surface area contributed by atoms with Crippen LogP contribution >= 0.6 is 0 Å². The summed E-state index contributed by atoms with van der Waals surface area (Å²) >= 11 is 0. The molecule has 0 radical (unpaired) electrons. The highest BCUT2D eigenvalue weighted by Crippen LogP contribution is 2.13. The molecule has 6 heteroatoms. The minimum Gasteiger partial charge on any atom is -0.397 e. The van der Waals surface area contributed by atoms with Gasteiger partial charge in [-0.1, -0.05) is 0 Å². The molecular weight excluding hydrogens is 230 g/mol. The van der Waals surface area contributed by atoms with Crippen LogP contribution in [0.1, 0.15) is 30.4 Å². The van der Waals surface area contributed by atoms with Gasteiger partial charge in [0.25, 0.3) is 5.91 Å². The molecule has 18 heavy (non-hydrogen) atoms. The van der Waals surface area contributed by atoms with Crippen molar-refractivity contribution < 1.29 is 4.79 Å². The highest BCUT2D eigenvalue weighted by Gasteiger charge is 2.12. The Morgan fingerprint density at radius 3 is 2.89 bits per heavy atom. The Hall–Kier alpha value is -2.37. The van der Waals surface area contributed by atoms with Crippen LogP contribution in [-0.2, 0) is 0 Å². The lowest BCUT2D eigenvalue weighted by molar-refractivity contribution is 0.102. The van der Waals surface area contributed by atoms with Gasteiger partial charge >= 0.3 is 0 Å². The van der Waals surface area contributed by atoms with E-state index in [-0.39, 0.29) is 17.6 Å². The average Bonchev–Trinajstić information content (AvgIpc) is 2.78. The number of rotatable bonds is 3. The maximum absolute atomic E-state index is 11.9. The summed E-state index contributed by atoms with van der Waals surface area (Å²) in [6.45, 7) is 4.02. The zero-order chi connectivity index (χ0) is 13.1. The molecule has 94 valence electrons. The summed E-state index contributed by atoms with van der Waals surface area (Å²) in [5.74, 6) is -0.337. The Balaban J connectivity index is 2.14. The monoisotopic (exact) mass is 245 g/mol. The number of amides is 1. The van der Waals surface area contributed by atoms with Gasteiger partial charge in [-0.2, -0.15) is 5.10 Å². The fourth-order valence-electron chi connectivity index (χ4n) is 1.48.